The first-order chi connectivity index (χ1) is 19.9. The quantitative estimate of drug-likeness (QED) is 0.423. The lowest BCUT2D eigenvalue weighted by Crippen LogP contribution is -2.49. The Kier molecular flexibility index (Phi) is 8.71. The molecule has 0 saturated carbocycles. The molecule has 0 spiro atoms. The zero-order valence-corrected chi connectivity index (χ0v) is 24.4. The van der Waals surface area contributed by atoms with Gasteiger partial charge in [0.2, 0.25) is 11.9 Å². The van der Waals surface area contributed by atoms with Gasteiger partial charge in [0.05, 0.1) is 18.2 Å². The van der Waals surface area contributed by atoms with E-state index in [0.29, 0.717) is 30.3 Å². The molecule has 1 saturated heterocycles. The van der Waals surface area contributed by atoms with Crippen molar-refractivity contribution in [3.05, 3.63) is 50.7 Å². The Bertz CT molecular complexity index is 1730. The summed E-state index contributed by atoms with van der Waals surface area (Å²) in [4.78, 5) is 58.8. The Labute approximate surface area is 242 Å². The number of alkyl carbamates (subject to hydrolysis) is 1. The lowest BCUT2D eigenvalue weighted by atomic mass is 10.1. The topological polar surface area (TPSA) is 156 Å². The second-order valence-corrected chi connectivity index (χ2v) is 11.0. The Morgan fingerprint density at radius 3 is 2.52 bits per heavy atom. The van der Waals surface area contributed by atoms with Crippen LogP contribution in [0.25, 0.3) is 11.2 Å². The molecule has 1 atom stereocenters. The molecule has 4 rings (SSSR count). The van der Waals surface area contributed by atoms with Crippen LogP contribution in [0.1, 0.15) is 46.1 Å². The second kappa shape index (κ2) is 12.2. The van der Waals surface area contributed by atoms with Gasteiger partial charge in [-0.15, -0.1) is 5.92 Å². The molecule has 1 unspecified atom stereocenters. The predicted molar refractivity (Wildman–Crippen MR) is 157 cm³/mol. The van der Waals surface area contributed by atoms with Crippen molar-refractivity contribution in [2.75, 3.05) is 23.3 Å². The van der Waals surface area contributed by atoms with Gasteiger partial charge in [0.25, 0.3) is 5.56 Å². The molecule has 220 valence electrons. The Morgan fingerprint density at radius 2 is 1.88 bits per heavy atom. The molecule has 13 nitrogen and oxygen atoms in total. The van der Waals surface area contributed by atoms with E-state index in [1.165, 1.54) is 11.6 Å². The van der Waals surface area contributed by atoms with E-state index < -0.39 is 35.4 Å². The number of aromatic nitrogens is 4. The maximum Gasteiger partial charge on any atom is 0.407 e. The standard InChI is InChI=1S/C29H34N8O5/c1-6-7-15-36-23-24(33-26(36)35-14-8-9-21(17-35)32-27(40)42-29(2,3)4)34(5)28(41)37(25(23)39)18-22(38)31-20-12-10-19(16-30)11-13-20/h10-13,21H,8-9,14-15,17-18H2,1-5H3,(H,31,38)(H,32,40). The number of rotatable bonds is 6. The number of ether oxygens (including phenoxy) is 1. The van der Waals surface area contributed by atoms with Crippen LogP contribution in [0.2, 0.25) is 0 Å². The minimum atomic E-state index is -0.691. The number of carbonyl (C=O) groups excluding carboxylic acids is 2. The van der Waals surface area contributed by atoms with E-state index in [0.717, 1.165) is 17.4 Å². The number of hydrogen-bond acceptors (Lipinski definition) is 8. The molecule has 1 aliphatic heterocycles. The summed E-state index contributed by atoms with van der Waals surface area (Å²) in [5, 5.41) is 14.5. The number of anilines is 2. The van der Waals surface area contributed by atoms with Gasteiger partial charge in [0.15, 0.2) is 11.2 Å². The number of amides is 2. The van der Waals surface area contributed by atoms with Crippen LogP contribution in [0.15, 0.2) is 33.9 Å². The van der Waals surface area contributed by atoms with Gasteiger partial charge in [-0.1, -0.05) is 5.92 Å². The summed E-state index contributed by atoms with van der Waals surface area (Å²) in [5.41, 5.74) is -0.816. The van der Waals surface area contributed by atoms with E-state index in [2.05, 4.69) is 27.5 Å². The summed E-state index contributed by atoms with van der Waals surface area (Å²) < 4.78 is 9.17. The Morgan fingerprint density at radius 1 is 1.17 bits per heavy atom. The van der Waals surface area contributed by atoms with Crippen molar-refractivity contribution in [1.82, 2.24) is 24.0 Å². The number of nitrogens with zero attached hydrogens (tertiary/aromatic N) is 6. The molecule has 2 amide bonds. The number of carbonyl (C=O) groups is 2. The lowest BCUT2D eigenvalue weighted by molar-refractivity contribution is -0.116. The van der Waals surface area contributed by atoms with Gasteiger partial charge in [-0.2, -0.15) is 10.2 Å². The number of hydrogen-bond donors (Lipinski definition) is 2. The summed E-state index contributed by atoms with van der Waals surface area (Å²) in [6.45, 7) is 7.71. The summed E-state index contributed by atoms with van der Waals surface area (Å²) in [7, 11) is 1.49. The molecule has 42 heavy (non-hydrogen) atoms. The number of aryl methyl sites for hydroxylation is 1. The van der Waals surface area contributed by atoms with E-state index in [-0.39, 0.29) is 23.8 Å². The van der Waals surface area contributed by atoms with E-state index >= 15 is 0 Å². The summed E-state index contributed by atoms with van der Waals surface area (Å²) in [5.74, 6) is 5.67. The molecule has 0 aliphatic carbocycles. The van der Waals surface area contributed by atoms with Crippen molar-refractivity contribution in [2.45, 2.75) is 65.3 Å². The van der Waals surface area contributed by atoms with E-state index in [9.17, 15) is 19.2 Å². The maximum absolute atomic E-state index is 13.7. The highest BCUT2D eigenvalue weighted by atomic mass is 16.6. The van der Waals surface area contributed by atoms with Gasteiger partial charge in [-0.3, -0.25) is 18.7 Å². The first-order valence-electron chi connectivity index (χ1n) is 13.6. The van der Waals surface area contributed by atoms with Gasteiger partial charge in [0.1, 0.15) is 12.1 Å². The third-order valence-electron chi connectivity index (χ3n) is 6.65. The van der Waals surface area contributed by atoms with Crippen molar-refractivity contribution in [3.63, 3.8) is 0 Å². The predicted octanol–water partition coefficient (Wildman–Crippen LogP) is 1.92. The lowest BCUT2D eigenvalue weighted by Gasteiger charge is -2.34. The maximum atomic E-state index is 13.7. The van der Waals surface area contributed by atoms with Crippen LogP contribution < -0.4 is 26.8 Å². The molecule has 2 N–H and O–H groups in total. The molecule has 3 aromatic rings. The Balaban J connectivity index is 1.68. The van der Waals surface area contributed by atoms with Crippen LogP contribution in [-0.4, -0.2) is 55.4 Å². The van der Waals surface area contributed by atoms with Crippen LogP contribution in [0.4, 0.5) is 16.4 Å². The number of piperidine rings is 1. The molecular weight excluding hydrogens is 540 g/mol. The fourth-order valence-corrected chi connectivity index (χ4v) is 4.77. The molecule has 0 bridgehead atoms. The summed E-state index contributed by atoms with van der Waals surface area (Å²) >= 11 is 0. The zero-order chi connectivity index (χ0) is 30.6. The van der Waals surface area contributed by atoms with Crippen LogP contribution in [0.3, 0.4) is 0 Å². The van der Waals surface area contributed by atoms with Crippen molar-refractivity contribution >= 4 is 34.8 Å². The largest absolute Gasteiger partial charge is 0.444 e. The highest BCUT2D eigenvalue weighted by molar-refractivity contribution is 5.90. The van der Waals surface area contributed by atoms with E-state index in [1.807, 2.05) is 11.0 Å². The highest BCUT2D eigenvalue weighted by Gasteiger charge is 2.29. The van der Waals surface area contributed by atoms with Gasteiger partial charge in [-0.05, 0) is 64.8 Å². The van der Waals surface area contributed by atoms with Gasteiger partial charge in [0, 0.05) is 31.9 Å². The van der Waals surface area contributed by atoms with Crippen LogP contribution >= 0.6 is 0 Å². The number of nitrogens with one attached hydrogen (secondary N) is 2. The number of imidazole rings is 1. The Hall–Kier alpha value is -5.04. The molecule has 1 fully saturated rings. The fraction of sp³-hybridized carbons (Fsp3) is 0.448. The number of fused-ring (bicyclic) bond motifs is 1. The van der Waals surface area contributed by atoms with Gasteiger partial charge in [-0.25, -0.2) is 14.2 Å². The fourth-order valence-electron chi connectivity index (χ4n) is 4.77. The molecule has 1 aliphatic rings. The molecule has 1 aromatic carbocycles. The first kappa shape index (κ1) is 29.9. The summed E-state index contributed by atoms with van der Waals surface area (Å²) in [6.07, 6.45) is 0.982. The highest BCUT2D eigenvalue weighted by Crippen LogP contribution is 2.23. The average Bonchev–Trinajstić information content (AvgIpc) is 3.32. The minimum absolute atomic E-state index is 0.133. The van der Waals surface area contributed by atoms with Crippen LogP contribution in [-0.2, 0) is 29.7 Å². The third-order valence-corrected chi connectivity index (χ3v) is 6.65. The SMILES string of the molecule is CC#CCn1c(N2CCCC(NC(=O)OC(C)(C)C)C2)nc2c1c(=O)n(CC(=O)Nc1ccc(C#N)cc1)c(=O)n2C. The van der Waals surface area contributed by atoms with E-state index in [1.54, 1.807) is 56.5 Å². The van der Waals surface area contributed by atoms with Crippen molar-refractivity contribution in [2.24, 2.45) is 7.05 Å². The van der Waals surface area contributed by atoms with Crippen molar-refractivity contribution in [1.29, 1.82) is 5.26 Å². The minimum Gasteiger partial charge on any atom is -0.444 e. The van der Waals surface area contributed by atoms with Crippen LogP contribution in [0.5, 0.6) is 0 Å². The molecule has 13 heteroatoms. The normalized spacial score (nSPS) is 15.0. The number of benzene rings is 1. The number of nitriles is 1. The monoisotopic (exact) mass is 574 g/mol. The summed E-state index contributed by atoms with van der Waals surface area (Å²) in [6, 6.07) is 8.02. The third kappa shape index (κ3) is 6.63. The molecule has 2 aromatic heterocycles. The second-order valence-electron chi connectivity index (χ2n) is 11.0. The molecule has 3 heterocycles. The van der Waals surface area contributed by atoms with Crippen molar-refractivity contribution in [3.8, 4) is 17.9 Å². The van der Waals surface area contributed by atoms with Gasteiger partial charge >= 0.3 is 11.8 Å². The molecular formula is C29H34N8O5. The zero-order valence-electron chi connectivity index (χ0n) is 24.4. The van der Waals surface area contributed by atoms with Crippen molar-refractivity contribution < 1.29 is 14.3 Å². The smallest absolute Gasteiger partial charge is 0.407 e. The van der Waals surface area contributed by atoms with Gasteiger partial charge < -0.3 is 20.3 Å². The van der Waals surface area contributed by atoms with Crippen LogP contribution in [0, 0.1) is 23.2 Å². The average molecular weight is 575 g/mol. The van der Waals surface area contributed by atoms with E-state index in [4.69, 9.17) is 10.00 Å². The molecule has 0 radical (unpaired) electrons. The first-order valence-corrected chi connectivity index (χ1v) is 13.6.